The normalized spacial score (nSPS) is 14.6. The zero-order chi connectivity index (χ0) is 15.7. The Bertz CT molecular complexity index is 691. The molecule has 0 aliphatic carbocycles. The van der Waals surface area contributed by atoms with Gasteiger partial charge in [0.25, 0.3) is 5.91 Å². The van der Waals surface area contributed by atoms with E-state index in [0.717, 1.165) is 16.7 Å². The maximum Gasteiger partial charge on any atom is 0.254 e. The van der Waals surface area contributed by atoms with E-state index in [2.05, 4.69) is 11.1 Å². The lowest BCUT2D eigenvalue weighted by molar-refractivity contribution is 0.0160. The first-order chi connectivity index (χ1) is 10.5. The molecular formula is C17H17ClN2O2. The third-order valence-electron chi connectivity index (χ3n) is 3.61. The van der Waals surface area contributed by atoms with Gasteiger partial charge in [-0.15, -0.1) is 0 Å². The number of hydrogen-bond donors (Lipinski definition) is 0. The summed E-state index contributed by atoms with van der Waals surface area (Å²) in [6, 6.07) is 9.38. The van der Waals surface area contributed by atoms with Crippen molar-refractivity contribution in [1.29, 1.82) is 0 Å². The van der Waals surface area contributed by atoms with E-state index in [1.54, 1.807) is 23.2 Å². The predicted molar refractivity (Wildman–Crippen MR) is 85.5 cm³/mol. The third kappa shape index (κ3) is 3.07. The first kappa shape index (κ1) is 14.9. The van der Waals surface area contributed by atoms with Crippen molar-refractivity contribution in [3.05, 3.63) is 58.2 Å². The van der Waals surface area contributed by atoms with Crippen molar-refractivity contribution < 1.29 is 9.53 Å². The predicted octanol–water partition coefficient (Wildman–Crippen LogP) is 3.26. The van der Waals surface area contributed by atoms with Crippen molar-refractivity contribution in [3.63, 3.8) is 0 Å². The number of hydrogen-bond acceptors (Lipinski definition) is 3. The Morgan fingerprint density at radius 3 is 2.59 bits per heavy atom. The molecule has 1 aromatic heterocycles. The molecule has 0 atom stereocenters. The Kier molecular flexibility index (Phi) is 4.03. The van der Waals surface area contributed by atoms with E-state index in [1.807, 2.05) is 26.0 Å². The highest BCUT2D eigenvalue weighted by atomic mass is 35.5. The average Bonchev–Trinajstić information content (AvgIpc) is 2.42. The molecule has 4 nitrogen and oxygen atoms in total. The van der Waals surface area contributed by atoms with Crippen LogP contribution in [0.5, 0.6) is 5.88 Å². The van der Waals surface area contributed by atoms with E-state index in [4.69, 9.17) is 16.3 Å². The molecule has 2 heterocycles. The highest BCUT2D eigenvalue weighted by Gasteiger charge is 2.33. The van der Waals surface area contributed by atoms with Gasteiger partial charge in [-0.1, -0.05) is 28.8 Å². The van der Waals surface area contributed by atoms with Gasteiger partial charge in [0.05, 0.1) is 13.1 Å². The minimum atomic E-state index is -0.0535. The van der Waals surface area contributed by atoms with Crippen LogP contribution in [0.3, 0.4) is 0 Å². The summed E-state index contributed by atoms with van der Waals surface area (Å²) in [7, 11) is 0. The molecule has 0 unspecified atom stereocenters. The van der Waals surface area contributed by atoms with Crippen molar-refractivity contribution >= 4 is 17.5 Å². The number of aromatic nitrogens is 1. The lowest BCUT2D eigenvalue weighted by Gasteiger charge is -2.38. The van der Waals surface area contributed by atoms with E-state index in [0.29, 0.717) is 24.0 Å². The summed E-state index contributed by atoms with van der Waals surface area (Å²) in [5, 5.41) is 0.488. The monoisotopic (exact) mass is 316 g/mol. The van der Waals surface area contributed by atoms with E-state index in [1.165, 1.54) is 0 Å². The van der Waals surface area contributed by atoms with Crippen LogP contribution in [0.25, 0.3) is 0 Å². The first-order valence-corrected chi connectivity index (χ1v) is 7.55. The van der Waals surface area contributed by atoms with Crippen LogP contribution in [0.15, 0.2) is 36.5 Å². The number of halogens is 1. The van der Waals surface area contributed by atoms with Gasteiger partial charge in [0.1, 0.15) is 11.1 Å². The number of carbonyl (C=O) groups excluding carboxylic acids is 1. The number of nitrogens with zero attached hydrogens (tertiary/aromatic N) is 2. The van der Waals surface area contributed by atoms with Gasteiger partial charge < -0.3 is 9.64 Å². The molecule has 0 radical (unpaired) electrons. The van der Waals surface area contributed by atoms with Crippen molar-refractivity contribution in [2.24, 2.45) is 0 Å². The maximum absolute atomic E-state index is 12.4. The maximum atomic E-state index is 12.4. The van der Waals surface area contributed by atoms with Gasteiger partial charge in [0, 0.05) is 11.8 Å². The number of amides is 1. The fourth-order valence-corrected chi connectivity index (χ4v) is 2.74. The van der Waals surface area contributed by atoms with E-state index < -0.39 is 0 Å². The van der Waals surface area contributed by atoms with Crippen LogP contribution in [-0.2, 0) is 0 Å². The fourth-order valence-electron chi connectivity index (χ4n) is 2.58. The van der Waals surface area contributed by atoms with E-state index >= 15 is 0 Å². The van der Waals surface area contributed by atoms with Gasteiger partial charge in [-0.25, -0.2) is 4.98 Å². The largest absolute Gasteiger partial charge is 0.470 e. The van der Waals surface area contributed by atoms with Crippen molar-refractivity contribution in [2.45, 2.75) is 20.0 Å². The van der Waals surface area contributed by atoms with Gasteiger partial charge in [0.2, 0.25) is 5.88 Å². The Hall–Kier alpha value is -2.07. The second-order valence-corrected chi connectivity index (χ2v) is 6.02. The number of benzene rings is 1. The highest BCUT2D eigenvalue weighted by molar-refractivity contribution is 6.31. The summed E-state index contributed by atoms with van der Waals surface area (Å²) >= 11 is 6.01. The van der Waals surface area contributed by atoms with Gasteiger partial charge in [-0.05, 0) is 38.1 Å². The highest BCUT2D eigenvalue weighted by Crippen LogP contribution is 2.24. The van der Waals surface area contributed by atoms with Crippen LogP contribution >= 0.6 is 11.6 Å². The second kappa shape index (κ2) is 5.97. The lowest BCUT2D eigenvalue weighted by Crippen LogP contribution is -2.56. The Morgan fingerprint density at radius 1 is 1.27 bits per heavy atom. The van der Waals surface area contributed by atoms with Crippen molar-refractivity contribution in [1.82, 2.24) is 9.88 Å². The molecular weight excluding hydrogens is 300 g/mol. The summed E-state index contributed by atoms with van der Waals surface area (Å²) in [4.78, 5) is 18.3. The summed E-state index contributed by atoms with van der Waals surface area (Å²) in [5.74, 6) is 0.464. The molecule has 0 spiro atoms. The first-order valence-electron chi connectivity index (χ1n) is 7.17. The second-order valence-electron chi connectivity index (χ2n) is 5.62. The number of aryl methyl sites for hydroxylation is 2. The van der Waals surface area contributed by atoms with E-state index in [-0.39, 0.29) is 12.0 Å². The summed E-state index contributed by atoms with van der Waals surface area (Å²) in [6.07, 6.45) is 1.58. The van der Waals surface area contributed by atoms with Crippen LogP contribution < -0.4 is 4.74 Å². The fraction of sp³-hybridized carbons (Fsp3) is 0.294. The van der Waals surface area contributed by atoms with Crippen molar-refractivity contribution in [3.8, 4) is 5.88 Å². The molecule has 0 saturated carbocycles. The number of rotatable bonds is 3. The molecule has 0 bridgehead atoms. The minimum absolute atomic E-state index is 0.0405. The molecule has 1 aliphatic rings. The van der Waals surface area contributed by atoms with Crippen LogP contribution in [-0.4, -0.2) is 35.0 Å². The zero-order valence-corrected chi connectivity index (χ0v) is 13.3. The number of carbonyl (C=O) groups is 1. The molecule has 1 aromatic carbocycles. The zero-order valence-electron chi connectivity index (χ0n) is 12.5. The van der Waals surface area contributed by atoms with Crippen LogP contribution in [0.1, 0.15) is 21.5 Å². The Balaban J connectivity index is 1.61. The Labute approximate surface area is 134 Å². The Morgan fingerprint density at radius 2 is 1.95 bits per heavy atom. The van der Waals surface area contributed by atoms with E-state index in [9.17, 15) is 4.79 Å². The molecule has 0 N–H and O–H groups in total. The SMILES string of the molecule is Cc1cc(C)cc(C(=O)N2CC(Oc3ncccc3Cl)C2)c1. The summed E-state index contributed by atoms with van der Waals surface area (Å²) in [6.45, 7) is 5.10. The molecule has 5 heteroatoms. The summed E-state index contributed by atoms with van der Waals surface area (Å²) < 4.78 is 5.71. The molecule has 2 aromatic rings. The third-order valence-corrected chi connectivity index (χ3v) is 3.89. The standard InChI is InChI=1S/C17H17ClN2O2/c1-11-6-12(2)8-13(7-11)17(21)20-9-14(10-20)22-16-15(18)4-3-5-19-16/h3-8,14H,9-10H2,1-2H3. The molecule has 114 valence electrons. The summed E-state index contributed by atoms with van der Waals surface area (Å²) in [5.41, 5.74) is 2.92. The minimum Gasteiger partial charge on any atom is -0.470 e. The number of likely N-dealkylation sites (tertiary alicyclic amines) is 1. The molecule has 1 saturated heterocycles. The number of pyridine rings is 1. The quantitative estimate of drug-likeness (QED) is 0.873. The topological polar surface area (TPSA) is 42.4 Å². The molecule has 1 aliphatic heterocycles. The van der Waals surface area contributed by atoms with Crippen LogP contribution in [0, 0.1) is 13.8 Å². The molecule has 22 heavy (non-hydrogen) atoms. The molecule has 1 fully saturated rings. The van der Waals surface area contributed by atoms with Gasteiger partial charge in [-0.2, -0.15) is 0 Å². The van der Waals surface area contributed by atoms with Gasteiger partial charge in [-0.3, -0.25) is 4.79 Å². The smallest absolute Gasteiger partial charge is 0.254 e. The van der Waals surface area contributed by atoms with Crippen LogP contribution in [0.2, 0.25) is 5.02 Å². The lowest BCUT2D eigenvalue weighted by atomic mass is 10.0. The van der Waals surface area contributed by atoms with Gasteiger partial charge in [0.15, 0.2) is 0 Å². The van der Waals surface area contributed by atoms with Gasteiger partial charge >= 0.3 is 0 Å². The van der Waals surface area contributed by atoms with Crippen LogP contribution in [0.4, 0.5) is 0 Å². The average molecular weight is 317 g/mol. The number of ether oxygens (including phenoxy) is 1. The van der Waals surface area contributed by atoms with Crippen molar-refractivity contribution in [2.75, 3.05) is 13.1 Å². The molecule has 3 rings (SSSR count). The molecule has 1 amide bonds.